The Morgan fingerprint density at radius 3 is 2.56 bits per heavy atom. The minimum absolute atomic E-state index is 0.115. The van der Waals surface area contributed by atoms with Crippen LogP contribution in [0.25, 0.3) is 5.69 Å². The summed E-state index contributed by atoms with van der Waals surface area (Å²) in [4.78, 5) is 0. The standard InChI is InChI=1S/C21H19ClF3N3O3S/c1-30-15-5-3-4-12(17(15)31-2)18-13-10-11(22)6-7-14(13)28-19(16(32-18)8-9-29)26-27-20(28)21(23,24)25/h3-7,10,16,18,29H,8-9H2,1-2H3/t16-,18?/m1/s1. The highest BCUT2D eigenvalue weighted by molar-refractivity contribution is 8.00. The van der Waals surface area contributed by atoms with Gasteiger partial charge >= 0.3 is 6.18 Å². The van der Waals surface area contributed by atoms with Gasteiger partial charge in [0.05, 0.1) is 30.4 Å². The molecular weight excluding hydrogens is 467 g/mol. The maximum atomic E-state index is 13.8. The second kappa shape index (κ2) is 8.84. The Hall–Kier alpha value is -2.43. The van der Waals surface area contributed by atoms with E-state index in [1.165, 1.54) is 38.1 Å². The lowest BCUT2D eigenvalue weighted by molar-refractivity contribution is -0.146. The van der Waals surface area contributed by atoms with Gasteiger partial charge in [-0.25, -0.2) is 0 Å². The summed E-state index contributed by atoms with van der Waals surface area (Å²) < 4.78 is 53.5. The highest BCUT2D eigenvalue weighted by atomic mass is 35.5. The molecule has 2 aromatic carbocycles. The zero-order valence-corrected chi connectivity index (χ0v) is 18.6. The molecule has 0 bridgehead atoms. The maximum absolute atomic E-state index is 13.8. The van der Waals surface area contributed by atoms with E-state index in [0.29, 0.717) is 27.6 Å². The van der Waals surface area contributed by atoms with Gasteiger partial charge in [-0.2, -0.15) is 13.2 Å². The van der Waals surface area contributed by atoms with Gasteiger partial charge in [0.1, 0.15) is 0 Å². The van der Waals surface area contributed by atoms with Crippen molar-refractivity contribution in [3.63, 3.8) is 0 Å². The van der Waals surface area contributed by atoms with Gasteiger partial charge in [-0.1, -0.05) is 23.7 Å². The highest BCUT2D eigenvalue weighted by Gasteiger charge is 2.43. The predicted octanol–water partition coefficient (Wildman–Crippen LogP) is 5.22. The molecule has 0 radical (unpaired) electrons. The van der Waals surface area contributed by atoms with Crippen LogP contribution in [0.5, 0.6) is 11.5 Å². The monoisotopic (exact) mass is 485 g/mol. The molecule has 0 fully saturated rings. The Morgan fingerprint density at radius 2 is 1.91 bits per heavy atom. The second-order valence-electron chi connectivity index (χ2n) is 7.02. The lowest BCUT2D eigenvalue weighted by Crippen LogP contribution is -2.16. The number of nitrogens with zero attached hydrogens (tertiary/aromatic N) is 3. The normalized spacial score (nSPS) is 18.0. The van der Waals surface area contributed by atoms with Gasteiger partial charge in [0, 0.05) is 17.2 Å². The largest absolute Gasteiger partial charge is 0.493 e. The molecule has 1 N–H and O–H groups in total. The van der Waals surface area contributed by atoms with Gasteiger partial charge in [-0.15, -0.1) is 22.0 Å². The third-order valence-electron chi connectivity index (χ3n) is 5.15. The van der Waals surface area contributed by atoms with Crippen molar-refractivity contribution < 1.29 is 27.8 Å². The SMILES string of the molecule is COc1cccc(C2S[C@H](CCO)c3nnc(C(F)(F)F)n3-c3ccc(Cl)cc32)c1OC. The predicted molar refractivity (Wildman–Crippen MR) is 115 cm³/mol. The number of halogens is 4. The van der Waals surface area contributed by atoms with Crippen molar-refractivity contribution in [2.24, 2.45) is 0 Å². The fraction of sp³-hybridized carbons (Fsp3) is 0.333. The van der Waals surface area contributed by atoms with Crippen LogP contribution >= 0.6 is 23.4 Å². The summed E-state index contributed by atoms with van der Waals surface area (Å²) in [6, 6.07) is 10.1. The smallest absolute Gasteiger partial charge is 0.452 e. The van der Waals surface area contributed by atoms with Crippen LogP contribution in [-0.4, -0.2) is 40.7 Å². The van der Waals surface area contributed by atoms with Crippen molar-refractivity contribution >= 4 is 23.4 Å². The van der Waals surface area contributed by atoms with Crippen molar-refractivity contribution in [3.8, 4) is 17.2 Å². The lowest BCUT2D eigenvalue weighted by Gasteiger charge is -2.23. The number of rotatable bonds is 5. The van der Waals surface area contributed by atoms with E-state index in [1.54, 1.807) is 18.2 Å². The van der Waals surface area contributed by atoms with Crippen molar-refractivity contribution in [1.29, 1.82) is 0 Å². The first-order chi connectivity index (χ1) is 15.3. The summed E-state index contributed by atoms with van der Waals surface area (Å²) in [5.74, 6) is -0.0513. The lowest BCUT2D eigenvalue weighted by atomic mass is 10.0. The van der Waals surface area contributed by atoms with E-state index in [2.05, 4.69) is 10.2 Å². The number of aliphatic hydroxyl groups is 1. The van der Waals surface area contributed by atoms with Gasteiger partial charge in [0.15, 0.2) is 17.3 Å². The van der Waals surface area contributed by atoms with Crippen LogP contribution in [0, 0.1) is 0 Å². The Balaban J connectivity index is 2.02. The number of hydrogen-bond donors (Lipinski definition) is 1. The highest BCUT2D eigenvalue weighted by Crippen LogP contribution is 2.54. The number of para-hydroxylation sites is 1. The molecule has 1 unspecified atom stereocenters. The van der Waals surface area contributed by atoms with Crippen LogP contribution in [-0.2, 0) is 6.18 Å². The Kier molecular flexibility index (Phi) is 6.28. The van der Waals surface area contributed by atoms with Crippen molar-refractivity contribution in [2.45, 2.75) is 23.1 Å². The summed E-state index contributed by atoms with van der Waals surface area (Å²) in [5.41, 5.74) is 1.51. The quantitative estimate of drug-likeness (QED) is 0.534. The molecule has 32 heavy (non-hydrogen) atoms. The number of fused-ring (bicyclic) bond motifs is 3. The van der Waals surface area contributed by atoms with Gasteiger partial charge < -0.3 is 14.6 Å². The van der Waals surface area contributed by atoms with E-state index < -0.39 is 22.5 Å². The van der Waals surface area contributed by atoms with Crippen molar-refractivity contribution in [3.05, 3.63) is 64.2 Å². The Morgan fingerprint density at radius 1 is 1.12 bits per heavy atom. The van der Waals surface area contributed by atoms with Crippen LogP contribution in [0.3, 0.4) is 0 Å². The first kappa shape index (κ1) is 22.8. The second-order valence-corrected chi connectivity index (χ2v) is 8.77. The van der Waals surface area contributed by atoms with Gasteiger partial charge in [-0.3, -0.25) is 4.57 Å². The summed E-state index contributed by atoms with van der Waals surface area (Å²) in [6.45, 7) is -0.231. The molecule has 0 saturated heterocycles. The number of hydrogen-bond acceptors (Lipinski definition) is 6. The number of alkyl halides is 3. The molecule has 0 aliphatic carbocycles. The van der Waals surface area contributed by atoms with Crippen molar-refractivity contribution in [1.82, 2.24) is 14.8 Å². The van der Waals surface area contributed by atoms with E-state index in [-0.39, 0.29) is 24.5 Å². The molecule has 1 aromatic heterocycles. The topological polar surface area (TPSA) is 69.4 Å². The number of methoxy groups -OCH3 is 2. The maximum Gasteiger partial charge on any atom is 0.452 e. The van der Waals surface area contributed by atoms with E-state index in [1.807, 2.05) is 6.07 Å². The molecule has 11 heteroatoms. The van der Waals surface area contributed by atoms with E-state index in [4.69, 9.17) is 21.1 Å². The van der Waals surface area contributed by atoms with Crippen LogP contribution in [0.4, 0.5) is 13.2 Å². The number of ether oxygens (including phenoxy) is 2. The molecule has 1 aliphatic heterocycles. The van der Waals surface area contributed by atoms with Gasteiger partial charge in [-0.05, 0) is 36.2 Å². The molecule has 170 valence electrons. The minimum Gasteiger partial charge on any atom is -0.493 e. The van der Waals surface area contributed by atoms with Gasteiger partial charge in [0.25, 0.3) is 0 Å². The molecule has 0 spiro atoms. The summed E-state index contributed by atoms with van der Waals surface area (Å²) in [6.07, 6.45) is -4.53. The van der Waals surface area contributed by atoms with Crippen LogP contribution in [0.2, 0.25) is 5.02 Å². The molecule has 0 amide bonds. The molecule has 0 saturated carbocycles. The number of aromatic nitrogens is 3. The summed E-state index contributed by atoms with van der Waals surface area (Å²) in [5, 5.41) is 16.3. The fourth-order valence-electron chi connectivity index (χ4n) is 3.84. The molecule has 1 aliphatic rings. The molecular formula is C21H19ClF3N3O3S. The minimum atomic E-state index is -4.72. The summed E-state index contributed by atoms with van der Waals surface area (Å²) >= 11 is 7.63. The first-order valence-electron chi connectivity index (χ1n) is 9.59. The van der Waals surface area contributed by atoms with Crippen LogP contribution in [0.1, 0.15) is 39.7 Å². The van der Waals surface area contributed by atoms with E-state index >= 15 is 0 Å². The number of thioether (sulfide) groups is 1. The zero-order chi connectivity index (χ0) is 23.0. The Labute approximate surface area is 191 Å². The van der Waals surface area contributed by atoms with Gasteiger partial charge in [0.2, 0.25) is 5.82 Å². The number of aliphatic hydroxyl groups excluding tert-OH is 1. The zero-order valence-electron chi connectivity index (χ0n) is 17.1. The van der Waals surface area contributed by atoms with E-state index in [0.717, 1.165) is 4.57 Å². The molecule has 2 atom stereocenters. The molecule has 2 heterocycles. The fourth-order valence-corrected chi connectivity index (χ4v) is 5.53. The Bertz CT molecular complexity index is 1140. The molecule has 3 aromatic rings. The third-order valence-corrected chi connectivity index (χ3v) is 6.94. The van der Waals surface area contributed by atoms with Crippen molar-refractivity contribution in [2.75, 3.05) is 20.8 Å². The summed E-state index contributed by atoms with van der Waals surface area (Å²) in [7, 11) is 3.02. The third kappa shape index (κ3) is 3.91. The first-order valence-corrected chi connectivity index (χ1v) is 10.9. The van der Waals surface area contributed by atoms with E-state index in [9.17, 15) is 18.3 Å². The average Bonchev–Trinajstić information content (AvgIpc) is 3.16. The number of benzene rings is 2. The van der Waals surface area contributed by atoms with Crippen LogP contribution < -0.4 is 9.47 Å². The van der Waals surface area contributed by atoms with Crippen LogP contribution in [0.15, 0.2) is 36.4 Å². The molecule has 4 rings (SSSR count). The average molecular weight is 486 g/mol. The molecule has 6 nitrogen and oxygen atoms in total.